The van der Waals surface area contributed by atoms with Crippen LogP contribution in [0, 0.1) is 5.82 Å². The van der Waals surface area contributed by atoms with E-state index in [2.05, 4.69) is 15.5 Å². The van der Waals surface area contributed by atoms with Crippen LogP contribution in [-0.2, 0) is 12.8 Å². The molecule has 1 aliphatic carbocycles. The number of nitrogens with one attached hydrogen (secondary N) is 1. The van der Waals surface area contributed by atoms with Crippen LogP contribution in [-0.4, -0.2) is 16.0 Å². The van der Waals surface area contributed by atoms with Gasteiger partial charge in [-0.3, -0.25) is 4.79 Å². The highest BCUT2D eigenvalue weighted by Gasteiger charge is 2.26. The quantitative estimate of drug-likeness (QED) is 0.802. The zero-order valence-electron chi connectivity index (χ0n) is 13.2. The molecule has 0 fully saturated rings. The molecule has 0 saturated heterocycles. The Hall–Kier alpha value is -2.76. The maximum Gasteiger partial charge on any atom is 0.257 e. The molecule has 1 unspecified atom stereocenters. The van der Waals surface area contributed by atoms with Crippen LogP contribution in [0.3, 0.4) is 0 Å². The Morgan fingerprint density at radius 2 is 2.33 bits per heavy atom. The fraction of sp³-hybridized carbons (Fsp3) is 0.278. The first kappa shape index (κ1) is 14.8. The first-order valence-electron chi connectivity index (χ1n) is 8.00. The molecule has 6 heteroatoms. The summed E-state index contributed by atoms with van der Waals surface area (Å²) in [7, 11) is 0. The zero-order chi connectivity index (χ0) is 16.7. The summed E-state index contributed by atoms with van der Waals surface area (Å²) in [5, 5.41) is 7.68. The van der Waals surface area contributed by atoms with Crippen LogP contribution in [0.5, 0.6) is 0 Å². The first-order chi connectivity index (χ1) is 11.7. The third kappa shape index (κ3) is 2.35. The zero-order valence-corrected chi connectivity index (χ0v) is 13.2. The number of halogens is 1. The molecule has 0 bridgehead atoms. The Morgan fingerprint density at radius 3 is 3.17 bits per heavy atom. The predicted molar refractivity (Wildman–Crippen MR) is 86.1 cm³/mol. The monoisotopic (exact) mass is 325 g/mol. The van der Waals surface area contributed by atoms with E-state index in [1.165, 1.54) is 12.3 Å². The van der Waals surface area contributed by atoms with E-state index < -0.39 is 0 Å². The molecule has 0 saturated carbocycles. The Balaban J connectivity index is 1.61. The molecule has 0 radical (unpaired) electrons. The molecule has 122 valence electrons. The van der Waals surface area contributed by atoms with Gasteiger partial charge >= 0.3 is 0 Å². The van der Waals surface area contributed by atoms with E-state index in [9.17, 15) is 9.18 Å². The van der Waals surface area contributed by atoms with E-state index in [-0.39, 0.29) is 17.8 Å². The lowest BCUT2D eigenvalue weighted by molar-refractivity contribution is 0.0936. The molecule has 1 amide bonds. The van der Waals surface area contributed by atoms with Crippen molar-refractivity contribution in [1.82, 2.24) is 15.5 Å². The van der Waals surface area contributed by atoms with Crippen molar-refractivity contribution in [2.75, 3.05) is 0 Å². The Kier molecular flexibility index (Phi) is 3.52. The van der Waals surface area contributed by atoms with Crippen molar-refractivity contribution in [3.05, 3.63) is 58.7 Å². The van der Waals surface area contributed by atoms with Gasteiger partial charge in [0, 0.05) is 6.20 Å². The smallest absolute Gasteiger partial charge is 0.257 e. The summed E-state index contributed by atoms with van der Waals surface area (Å²) >= 11 is 0. The van der Waals surface area contributed by atoms with Crippen molar-refractivity contribution in [1.29, 1.82) is 0 Å². The van der Waals surface area contributed by atoms with Gasteiger partial charge in [-0.15, -0.1) is 0 Å². The molecular weight excluding hydrogens is 309 g/mol. The van der Waals surface area contributed by atoms with E-state index in [0.29, 0.717) is 36.1 Å². The van der Waals surface area contributed by atoms with E-state index >= 15 is 0 Å². The van der Waals surface area contributed by atoms with Gasteiger partial charge in [0.25, 0.3) is 11.6 Å². The number of fused-ring (bicyclic) bond motifs is 2. The minimum Gasteiger partial charge on any atom is -0.345 e. The molecule has 1 aromatic carbocycles. The molecule has 24 heavy (non-hydrogen) atoms. The second-order valence-corrected chi connectivity index (χ2v) is 5.93. The van der Waals surface area contributed by atoms with Gasteiger partial charge in [0.15, 0.2) is 0 Å². The van der Waals surface area contributed by atoms with Crippen LogP contribution in [0.1, 0.15) is 46.6 Å². The average Bonchev–Trinajstić information content (AvgIpc) is 3.19. The minimum atomic E-state index is -0.227. The second-order valence-electron chi connectivity index (χ2n) is 5.93. The van der Waals surface area contributed by atoms with E-state index in [1.54, 1.807) is 12.1 Å². The Morgan fingerprint density at radius 1 is 1.46 bits per heavy atom. The largest absolute Gasteiger partial charge is 0.345 e. The van der Waals surface area contributed by atoms with Crippen LogP contribution in [0.4, 0.5) is 4.39 Å². The second kappa shape index (κ2) is 5.70. The van der Waals surface area contributed by atoms with Crippen LogP contribution in [0.15, 0.2) is 35.0 Å². The van der Waals surface area contributed by atoms with Crippen molar-refractivity contribution < 1.29 is 13.7 Å². The van der Waals surface area contributed by atoms with Crippen LogP contribution in [0.25, 0.3) is 11.1 Å². The van der Waals surface area contributed by atoms with Crippen molar-refractivity contribution in [3.63, 3.8) is 0 Å². The normalized spacial score (nSPS) is 16.3. The molecule has 1 aliphatic rings. The number of pyridine rings is 1. The predicted octanol–water partition coefficient (Wildman–Crippen LogP) is 3.34. The minimum absolute atomic E-state index is 0.174. The molecule has 0 aliphatic heterocycles. The van der Waals surface area contributed by atoms with Gasteiger partial charge in [0.2, 0.25) is 0 Å². The van der Waals surface area contributed by atoms with Gasteiger partial charge in [-0.2, -0.15) is 0 Å². The number of carbonyl (C=O) groups excluding carboxylic acids is 1. The lowest BCUT2D eigenvalue weighted by atomic mass is 10.1. The maximum atomic E-state index is 13.8. The van der Waals surface area contributed by atoms with Crippen molar-refractivity contribution in [2.24, 2.45) is 0 Å². The molecule has 2 aromatic heterocycles. The summed E-state index contributed by atoms with van der Waals surface area (Å²) in [6.07, 6.45) is 3.51. The summed E-state index contributed by atoms with van der Waals surface area (Å²) < 4.78 is 18.9. The standard InChI is InChI=1S/C18H16FN3O2/c1-2-15-13-8-10(9-20-18(13)24-22-15)17(23)21-16-7-6-11-12(16)4-3-5-14(11)19/h3-5,8-9,16H,2,6-7H2,1H3,(H,21,23). The van der Waals surface area contributed by atoms with Crippen molar-refractivity contribution in [3.8, 4) is 0 Å². The van der Waals surface area contributed by atoms with Gasteiger partial charge in [0.1, 0.15) is 5.82 Å². The van der Waals surface area contributed by atoms with Crippen molar-refractivity contribution >= 4 is 17.0 Å². The number of rotatable bonds is 3. The average molecular weight is 325 g/mol. The molecule has 1 atom stereocenters. The fourth-order valence-corrected chi connectivity index (χ4v) is 3.26. The molecule has 1 N–H and O–H groups in total. The highest BCUT2D eigenvalue weighted by atomic mass is 19.1. The van der Waals surface area contributed by atoms with Gasteiger partial charge in [0.05, 0.1) is 22.7 Å². The SMILES string of the molecule is CCc1noc2ncc(C(=O)NC3CCc4c(F)cccc43)cc12. The number of aromatic nitrogens is 2. The third-order valence-corrected chi connectivity index (χ3v) is 4.52. The fourth-order valence-electron chi connectivity index (χ4n) is 3.26. The van der Waals surface area contributed by atoms with E-state index in [4.69, 9.17) is 4.52 Å². The van der Waals surface area contributed by atoms with Gasteiger partial charge in [-0.25, -0.2) is 9.37 Å². The Bertz CT molecular complexity index is 935. The Labute approximate surface area is 137 Å². The number of benzene rings is 1. The van der Waals surface area contributed by atoms with E-state index in [0.717, 1.165) is 16.6 Å². The molecule has 0 spiro atoms. The molecular formula is C18H16FN3O2. The summed E-state index contributed by atoms with van der Waals surface area (Å²) in [5.41, 5.74) is 3.21. The highest BCUT2D eigenvalue weighted by Crippen LogP contribution is 2.32. The number of nitrogens with zero attached hydrogens (tertiary/aromatic N) is 2. The molecule has 5 nitrogen and oxygen atoms in total. The van der Waals surface area contributed by atoms with E-state index in [1.807, 2.05) is 13.0 Å². The lowest BCUT2D eigenvalue weighted by Crippen LogP contribution is -2.27. The molecule has 4 rings (SSSR count). The molecule has 2 heterocycles. The summed E-state index contributed by atoms with van der Waals surface area (Å²) in [6, 6.07) is 6.57. The van der Waals surface area contributed by atoms with Gasteiger partial charge in [-0.1, -0.05) is 24.2 Å². The number of amides is 1. The van der Waals surface area contributed by atoms with Gasteiger partial charge in [-0.05, 0) is 42.5 Å². The number of hydrogen-bond donors (Lipinski definition) is 1. The van der Waals surface area contributed by atoms with Crippen LogP contribution >= 0.6 is 0 Å². The van der Waals surface area contributed by atoms with Crippen LogP contribution < -0.4 is 5.32 Å². The van der Waals surface area contributed by atoms with Crippen molar-refractivity contribution in [2.45, 2.75) is 32.2 Å². The topological polar surface area (TPSA) is 68.0 Å². The highest BCUT2D eigenvalue weighted by molar-refractivity contribution is 5.97. The van der Waals surface area contributed by atoms with Gasteiger partial charge < -0.3 is 9.84 Å². The first-order valence-corrected chi connectivity index (χ1v) is 8.00. The summed E-state index contributed by atoms with van der Waals surface area (Å²) in [6.45, 7) is 1.97. The number of hydrogen-bond acceptors (Lipinski definition) is 4. The molecule has 3 aromatic rings. The lowest BCUT2D eigenvalue weighted by Gasteiger charge is -2.14. The number of carbonyl (C=O) groups is 1. The van der Waals surface area contributed by atoms with Crippen LogP contribution in [0.2, 0.25) is 0 Å². The maximum absolute atomic E-state index is 13.8. The number of aryl methyl sites for hydroxylation is 1. The summed E-state index contributed by atoms with van der Waals surface area (Å²) in [4.78, 5) is 16.7. The third-order valence-electron chi connectivity index (χ3n) is 4.52. The summed E-state index contributed by atoms with van der Waals surface area (Å²) in [5.74, 6) is -0.431.